The monoisotopic (exact) mass is 486 g/mol. The molecule has 0 spiro atoms. The van der Waals surface area contributed by atoms with Gasteiger partial charge in [0, 0.05) is 6.08 Å². The van der Waals surface area contributed by atoms with Gasteiger partial charge in [-0.1, -0.05) is 55.8 Å². The number of ether oxygens (including phenoxy) is 3. The maximum absolute atomic E-state index is 12.5. The Morgan fingerprint density at radius 1 is 0.694 bits per heavy atom. The first kappa shape index (κ1) is 26.7. The van der Waals surface area contributed by atoms with E-state index in [2.05, 4.69) is 18.7 Å². The molecule has 0 atom stereocenters. The zero-order valence-electron chi connectivity index (χ0n) is 20.9. The summed E-state index contributed by atoms with van der Waals surface area (Å²) >= 11 is 0. The zero-order chi connectivity index (χ0) is 25.6. The van der Waals surface area contributed by atoms with E-state index in [1.165, 1.54) is 22.8 Å². The summed E-state index contributed by atoms with van der Waals surface area (Å²) < 4.78 is 15.7. The Bertz CT molecular complexity index is 1100. The smallest absolute Gasteiger partial charge is 0.343 e. The molecule has 0 aliphatic rings. The number of esters is 2. The van der Waals surface area contributed by atoms with E-state index in [1.807, 2.05) is 60.7 Å². The van der Waals surface area contributed by atoms with Gasteiger partial charge in [-0.3, -0.25) is 0 Å². The summed E-state index contributed by atoms with van der Waals surface area (Å²) in [6.07, 6.45) is 7.94. The van der Waals surface area contributed by atoms with E-state index in [0.29, 0.717) is 17.9 Å². The Morgan fingerprint density at radius 3 is 1.81 bits per heavy atom. The van der Waals surface area contributed by atoms with Crippen molar-refractivity contribution in [1.82, 2.24) is 0 Å². The third kappa shape index (κ3) is 9.06. The van der Waals surface area contributed by atoms with E-state index in [9.17, 15) is 9.59 Å². The largest absolute Gasteiger partial charge is 0.497 e. The molecule has 36 heavy (non-hydrogen) atoms. The molecule has 3 rings (SSSR count). The van der Waals surface area contributed by atoms with Gasteiger partial charge in [-0.25, -0.2) is 9.59 Å². The van der Waals surface area contributed by atoms with Crippen LogP contribution in [-0.4, -0.2) is 25.7 Å². The second kappa shape index (κ2) is 14.5. The molecule has 0 amide bonds. The van der Waals surface area contributed by atoms with Crippen LogP contribution in [0.25, 0.3) is 0 Å². The SMILES string of the molecule is C=CC(=O)OCCCCCCc1ccc(C(=O)Oc2ccc(CCc3ccc(OC)cc3)cc2)cc1. The van der Waals surface area contributed by atoms with Gasteiger partial charge in [0.1, 0.15) is 11.5 Å². The molecule has 0 bridgehead atoms. The van der Waals surface area contributed by atoms with Crippen LogP contribution in [0.5, 0.6) is 11.5 Å². The molecule has 188 valence electrons. The predicted molar refractivity (Wildman–Crippen MR) is 142 cm³/mol. The Balaban J connectivity index is 1.37. The highest BCUT2D eigenvalue weighted by atomic mass is 16.5. The molecule has 5 heteroatoms. The minimum Gasteiger partial charge on any atom is -0.497 e. The highest BCUT2D eigenvalue weighted by Gasteiger charge is 2.09. The van der Waals surface area contributed by atoms with Crippen LogP contribution in [0.3, 0.4) is 0 Å². The Hall–Kier alpha value is -3.86. The van der Waals surface area contributed by atoms with Gasteiger partial charge in [0.15, 0.2) is 0 Å². The summed E-state index contributed by atoms with van der Waals surface area (Å²) in [5, 5.41) is 0. The predicted octanol–water partition coefficient (Wildman–Crippen LogP) is 6.53. The molecule has 0 N–H and O–H groups in total. The van der Waals surface area contributed by atoms with E-state index in [0.717, 1.165) is 50.7 Å². The molecule has 5 nitrogen and oxygen atoms in total. The van der Waals surface area contributed by atoms with Crippen molar-refractivity contribution < 1.29 is 23.8 Å². The number of benzene rings is 3. The van der Waals surface area contributed by atoms with Gasteiger partial charge >= 0.3 is 11.9 Å². The van der Waals surface area contributed by atoms with Gasteiger partial charge in [0.25, 0.3) is 0 Å². The molecule has 0 radical (unpaired) electrons. The maximum atomic E-state index is 12.5. The lowest BCUT2D eigenvalue weighted by Crippen LogP contribution is -2.08. The number of aryl methyl sites for hydroxylation is 3. The van der Waals surface area contributed by atoms with E-state index < -0.39 is 0 Å². The molecular weight excluding hydrogens is 452 g/mol. The van der Waals surface area contributed by atoms with Gasteiger partial charge in [-0.2, -0.15) is 0 Å². The van der Waals surface area contributed by atoms with Crippen molar-refractivity contribution in [3.05, 3.63) is 108 Å². The van der Waals surface area contributed by atoms with Gasteiger partial charge in [-0.15, -0.1) is 0 Å². The minimum atomic E-state index is -0.369. The third-order valence-electron chi connectivity index (χ3n) is 5.96. The second-order valence-electron chi connectivity index (χ2n) is 8.61. The Kier molecular flexibility index (Phi) is 10.8. The Labute approximate surface area is 213 Å². The van der Waals surface area contributed by atoms with E-state index >= 15 is 0 Å². The molecule has 0 fully saturated rings. The number of carbonyl (C=O) groups excluding carboxylic acids is 2. The molecule has 0 unspecified atom stereocenters. The lowest BCUT2D eigenvalue weighted by molar-refractivity contribution is -0.137. The van der Waals surface area contributed by atoms with Crippen molar-refractivity contribution in [1.29, 1.82) is 0 Å². The van der Waals surface area contributed by atoms with E-state index in [4.69, 9.17) is 14.2 Å². The number of hydrogen-bond acceptors (Lipinski definition) is 5. The molecule has 0 saturated carbocycles. The summed E-state index contributed by atoms with van der Waals surface area (Å²) in [5.74, 6) is 0.668. The maximum Gasteiger partial charge on any atom is 0.343 e. The first-order valence-electron chi connectivity index (χ1n) is 12.4. The first-order chi connectivity index (χ1) is 17.6. The molecule has 0 heterocycles. The first-order valence-corrected chi connectivity index (χ1v) is 12.4. The van der Waals surface area contributed by atoms with Crippen LogP contribution < -0.4 is 9.47 Å². The highest BCUT2D eigenvalue weighted by molar-refractivity contribution is 5.91. The van der Waals surface area contributed by atoms with Gasteiger partial charge in [0.2, 0.25) is 0 Å². The van der Waals surface area contributed by atoms with Crippen LogP contribution in [0.1, 0.15) is 52.7 Å². The van der Waals surface area contributed by atoms with Gasteiger partial charge in [-0.05, 0) is 85.2 Å². The normalized spacial score (nSPS) is 10.5. The lowest BCUT2D eigenvalue weighted by Gasteiger charge is -2.08. The van der Waals surface area contributed by atoms with Crippen molar-refractivity contribution in [3.8, 4) is 11.5 Å². The van der Waals surface area contributed by atoms with Crippen molar-refractivity contribution in [2.75, 3.05) is 13.7 Å². The average Bonchev–Trinajstić information content (AvgIpc) is 2.92. The standard InChI is InChI=1S/C31H34O5/c1-3-30(32)35-23-7-5-4-6-8-24-11-17-27(18-12-24)31(33)36-29-21-15-26(16-22-29)10-9-25-13-19-28(34-2)20-14-25/h3,11-22H,1,4-10,23H2,2H3. The number of methoxy groups -OCH3 is 1. The van der Waals surface area contributed by atoms with Crippen LogP contribution in [0.2, 0.25) is 0 Å². The number of rotatable bonds is 14. The van der Waals surface area contributed by atoms with Gasteiger partial charge in [0.05, 0.1) is 19.3 Å². The fraction of sp³-hybridized carbons (Fsp3) is 0.290. The summed E-state index contributed by atoms with van der Waals surface area (Å²) in [5.41, 5.74) is 4.16. The summed E-state index contributed by atoms with van der Waals surface area (Å²) in [7, 11) is 1.67. The summed E-state index contributed by atoms with van der Waals surface area (Å²) in [4.78, 5) is 23.5. The number of hydrogen-bond donors (Lipinski definition) is 0. The van der Waals surface area contributed by atoms with Crippen LogP contribution >= 0.6 is 0 Å². The number of carbonyl (C=O) groups is 2. The third-order valence-corrected chi connectivity index (χ3v) is 5.96. The molecule has 3 aromatic rings. The van der Waals surface area contributed by atoms with E-state index in [-0.39, 0.29) is 11.9 Å². The van der Waals surface area contributed by atoms with Crippen LogP contribution in [0.4, 0.5) is 0 Å². The van der Waals surface area contributed by atoms with Crippen LogP contribution in [0, 0.1) is 0 Å². The molecule has 0 saturated heterocycles. The van der Waals surface area contributed by atoms with Crippen molar-refractivity contribution in [2.24, 2.45) is 0 Å². The fourth-order valence-electron chi connectivity index (χ4n) is 3.79. The quantitative estimate of drug-likeness (QED) is 0.112. The molecular formula is C31H34O5. The van der Waals surface area contributed by atoms with Gasteiger partial charge < -0.3 is 14.2 Å². The van der Waals surface area contributed by atoms with Crippen molar-refractivity contribution in [2.45, 2.75) is 44.9 Å². The zero-order valence-corrected chi connectivity index (χ0v) is 20.9. The van der Waals surface area contributed by atoms with Crippen LogP contribution in [-0.2, 0) is 28.8 Å². The Morgan fingerprint density at radius 2 is 1.22 bits per heavy atom. The second-order valence-corrected chi connectivity index (χ2v) is 8.61. The van der Waals surface area contributed by atoms with Crippen molar-refractivity contribution in [3.63, 3.8) is 0 Å². The summed E-state index contributed by atoms with van der Waals surface area (Å²) in [6, 6.07) is 23.4. The molecule has 0 aliphatic carbocycles. The van der Waals surface area contributed by atoms with Crippen LogP contribution in [0.15, 0.2) is 85.5 Å². The number of unbranched alkanes of at least 4 members (excludes halogenated alkanes) is 3. The minimum absolute atomic E-state index is 0.360. The average molecular weight is 487 g/mol. The molecule has 3 aromatic carbocycles. The summed E-state index contributed by atoms with van der Waals surface area (Å²) in [6.45, 7) is 3.81. The highest BCUT2D eigenvalue weighted by Crippen LogP contribution is 2.18. The molecule has 0 aliphatic heterocycles. The lowest BCUT2D eigenvalue weighted by atomic mass is 10.0. The topological polar surface area (TPSA) is 61.8 Å². The molecule has 0 aromatic heterocycles. The fourth-order valence-corrected chi connectivity index (χ4v) is 3.79. The van der Waals surface area contributed by atoms with E-state index in [1.54, 1.807) is 7.11 Å². The van der Waals surface area contributed by atoms with Crippen molar-refractivity contribution >= 4 is 11.9 Å².